The van der Waals surface area contributed by atoms with Crippen molar-refractivity contribution in [3.63, 3.8) is 0 Å². The van der Waals surface area contributed by atoms with Crippen LogP contribution in [0.15, 0.2) is 0 Å². The lowest BCUT2D eigenvalue weighted by molar-refractivity contribution is -0.148. The molecule has 1 saturated heterocycles. The van der Waals surface area contributed by atoms with Crippen LogP contribution < -0.4 is 5.73 Å². The van der Waals surface area contributed by atoms with Gasteiger partial charge < -0.3 is 5.73 Å². The van der Waals surface area contributed by atoms with Crippen LogP contribution in [0.2, 0.25) is 0 Å². The number of piperidine rings is 1. The maximum Gasteiger partial charge on any atom is 0.401 e. The number of nitrogens with zero attached hydrogens (tertiary/aromatic N) is 1. The van der Waals surface area contributed by atoms with E-state index in [4.69, 9.17) is 5.73 Å². The van der Waals surface area contributed by atoms with Crippen molar-refractivity contribution in [3.8, 4) is 0 Å². The van der Waals surface area contributed by atoms with Gasteiger partial charge in [-0.05, 0) is 19.4 Å². The van der Waals surface area contributed by atoms with Gasteiger partial charge in [0.15, 0.2) is 0 Å². The molecule has 1 fully saturated rings. The summed E-state index contributed by atoms with van der Waals surface area (Å²) < 4.78 is 35.7. The quantitative estimate of drug-likeness (QED) is 0.774. The number of likely N-dealkylation sites (tertiary alicyclic amines) is 1. The van der Waals surface area contributed by atoms with Gasteiger partial charge in [0.2, 0.25) is 0 Å². The normalized spacial score (nSPS) is 23.6. The van der Waals surface area contributed by atoms with Gasteiger partial charge in [-0.2, -0.15) is 13.2 Å². The minimum atomic E-state index is -4.09. The van der Waals surface area contributed by atoms with Crippen molar-refractivity contribution < 1.29 is 13.2 Å². The Morgan fingerprint density at radius 2 is 1.86 bits per heavy atom. The molecule has 0 bridgehead atoms. The molecule has 0 amide bonds. The minimum Gasteiger partial charge on any atom is -0.327 e. The molecule has 1 unspecified atom stereocenters. The van der Waals surface area contributed by atoms with Crippen LogP contribution in [-0.4, -0.2) is 36.8 Å². The van der Waals surface area contributed by atoms with Crippen molar-refractivity contribution in [1.82, 2.24) is 4.90 Å². The fourth-order valence-corrected chi connectivity index (χ4v) is 1.49. The lowest BCUT2D eigenvalue weighted by atomic mass is 10.1. The van der Waals surface area contributed by atoms with E-state index in [1.54, 1.807) is 0 Å². The smallest absolute Gasteiger partial charge is 0.327 e. The fourth-order valence-electron chi connectivity index (χ4n) is 1.49. The van der Waals surface area contributed by atoms with E-state index < -0.39 is 12.7 Å². The van der Waals surface area contributed by atoms with E-state index in [0.29, 0.717) is 13.1 Å². The molecular weight excluding hydrogens is 240 g/mol. The maximum atomic E-state index is 11.9. The largest absolute Gasteiger partial charge is 0.401 e. The van der Waals surface area contributed by atoms with Gasteiger partial charge in [0.25, 0.3) is 0 Å². The molecule has 1 rings (SSSR count). The zero-order valence-corrected chi connectivity index (χ0v) is 9.22. The van der Waals surface area contributed by atoms with E-state index in [9.17, 15) is 13.2 Å². The second-order valence-electron chi connectivity index (χ2n) is 3.25. The van der Waals surface area contributed by atoms with Gasteiger partial charge >= 0.3 is 6.18 Å². The number of alkyl halides is 3. The maximum absolute atomic E-state index is 11.9. The standard InChI is InChI=1S/C7H13F3N2.2ClH/c8-7(9,10)5-12-3-1-2-6(11)4-12;;/h6H,1-5,11H2;2*1H. The number of nitrogens with two attached hydrogens (primary N) is 1. The topological polar surface area (TPSA) is 29.3 Å². The second-order valence-corrected chi connectivity index (χ2v) is 3.25. The Morgan fingerprint density at radius 3 is 2.29 bits per heavy atom. The monoisotopic (exact) mass is 254 g/mol. The second kappa shape index (κ2) is 6.71. The van der Waals surface area contributed by atoms with Gasteiger partial charge in [0, 0.05) is 12.6 Å². The van der Waals surface area contributed by atoms with E-state index >= 15 is 0 Å². The van der Waals surface area contributed by atoms with Gasteiger partial charge in [-0.25, -0.2) is 0 Å². The molecule has 0 aromatic carbocycles. The average molecular weight is 255 g/mol. The van der Waals surface area contributed by atoms with E-state index in [-0.39, 0.29) is 30.9 Å². The highest BCUT2D eigenvalue weighted by Crippen LogP contribution is 2.18. The highest BCUT2D eigenvalue weighted by Gasteiger charge is 2.32. The summed E-state index contributed by atoms with van der Waals surface area (Å²) in [6, 6.07) is -0.0823. The minimum absolute atomic E-state index is 0. The van der Waals surface area contributed by atoms with Crippen molar-refractivity contribution in [2.45, 2.75) is 25.1 Å². The van der Waals surface area contributed by atoms with Crippen LogP contribution in [0, 0.1) is 0 Å². The van der Waals surface area contributed by atoms with Gasteiger partial charge in [-0.1, -0.05) is 0 Å². The number of hydrogen-bond acceptors (Lipinski definition) is 2. The van der Waals surface area contributed by atoms with Crippen LogP contribution in [0.3, 0.4) is 0 Å². The zero-order valence-electron chi connectivity index (χ0n) is 7.59. The summed E-state index contributed by atoms with van der Waals surface area (Å²) in [5.41, 5.74) is 5.53. The Hall–Kier alpha value is 0.290. The Kier molecular flexibility index (Phi) is 8.01. The van der Waals surface area contributed by atoms with Crippen LogP contribution in [0.25, 0.3) is 0 Å². The number of halogens is 5. The molecule has 0 aromatic rings. The molecule has 14 heavy (non-hydrogen) atoms. The van der Waals surface area contributed by atoms with Crippen molar-refractivity contribution in [3.05, 3.63) is 0 Å². The van der Waals surface area contributed by atoms with Crippen LogP contribution >= 0.6 is 24.8 Å². The van der Waals surface area contributed by atoms with Gasteiger partial charge in [0.1, 0.15) is 0 Å². The first-order valence-corrected chi connectivity index (χ1v) is 4.02. The summed E-state index contributed by atoms with van der Waals surface area (Å²) in [7, 11) is 0. The van der Waals surface area contributed by atoms with Crippen LogP contribution in [0.5, 0.6) is 0 Å². The summed E-state index contributed by atoms with van der Waals surface area (Å²) in [4.78, 5) is 1.37. The van der Waals surface area contributed by atoms with E-state index in [1.165, 1.54) is 4.90 Å². The molecule has 1 aliphatic rings. The molecule has 1 aliphatic heterocycles. The Labute approximate surface area is 93.8 Å². The summed E-state index contributed by atoms with van der Waals surface area (Å²) in [5.74, 6) is 0. The van der Waals surface area contributed by atoms with Crippen molar-refractivity contribution in [2.24, 2.45) is 5.73 Å². The molecule has 1 atom stereocenters. The summed E-state index contributed by atoms with van der Waals surface area (Å²) in [6.07, 6.45) is -2.47. The molecule has 0 spiro atoms. The Morgan fingerprint density at radius 1 is 1.29 bits per heavy atom. The van der Waals surface area contributed by atoms with E-state index in [0.717, 1.165) is 12.8 Å². The molecule has 0 aliphatic carbocycles. The molecule has 0 radical (unpaired) electrons. The number of rotatable bonds is 1. The predicted octanol–water partition coefficient (Wildman–Crippen LogP) is 1.82. The summed E-state index contributed by atoms with van der Waals surface area (Å²) >= 11 is 0. The van der Waals surface area contributed by atoms with Crippen LogP contribution in [-0.2, 0) is 0 Å². The molecule has 0 aromatic heterocycles. The Balaban J connectivity index is 0. The Bertz CT molecular complexity index is 154. The molecule has 1 heterocycles. The van der Waals surface area contributed by atoms with Gasteiger partial charge in [-0.15, -0.1) is 24.8 Å². The van der Waals surface area contributed by atoms with Crippen molar-refractivity contribution in [1.29, 1.82) is 0 Å². The molecule has 2 nitrogen and oxygen atoms in total. The van der Waals surface area contributed by atoms with Gasteiger partial charge in [0.05, 0.1) is 6.54 Å². The molecule has 2 N–H and O–H groups in total. The van der Waals surface area contributed by atoms with Crippen molar-refractivity contribution >= 4 is 24.8 Å². The van der Waals surface area contributed by atoms with Crippen LogP contribution in [0.1, 0.15) is 12.8 Å². The zero-order chi connectivity index (χ0) is 9.19. The average Bonchev–Trinajstić information content (AvgIpc) is 1.82. The van der Waals surface area contributed by atoms with E-state index in [2.05, 4.69) is 0 Å². The van der Waals surface area contributed by atoms with Crippen LogP contribution in [0.4, 0.5) is 13.2 Å². The number of hydrogen-bond donors (Lipinski definition) is 1. The molecular formula is C7H15Cl2F3N2. The highest BCUT2D eigenvalue weighted by atomic mass is 35.5. The molecule has 0 saturated carbocycles. The highest BCUT2D eigenvalue weighted by molar-refractivity contribution is 5.85. The van der Waals surface area contributed by atoms with E-state index in [1.807, 2.05) is 0 Å². The third-order valence-corrected chi connectivity index (χ3v) is 1.94. The summed E-state index contributed by atoms with van der Waals surface area (Å²) in [6.45, 7) is 0.0768. The SMILES string of the molecule is Cl.Cl.NC1CCCN(CC(F)(F)F)C1. The molecule has 88 valence electrons. The third kappa shape index (κ3) is 6.70. The first-order chi connectivity index (χ1) is 5.47. The predicted molar refractivity (Wildman–Crippen MR) is 54.2 cm³/mol. The lowest BCUT2D eigenvalue weighted by Gasteiger charge is -2.30. The summed E-state index contributed by atoms with van der Waals surface area (Å²) in [5, 5.41) is 0. The molecule has 7 heteroatoms. The fraction of sp³-hybridized carbons (Fsp3) is 1.00. The third-order valence-electron chi connectivity index (χ3n) is 1.94. The lowest BCUT2D eigenvalue weighted by Crippen LogP contribution is -2.46. The van der Waals surface area contributed by atoms with Gasteiger partial charge in [-0.3, -0.25) is 4.90 Å². The first kappa shape index (κ1) is 16.7. The first-order valence-electron chi connectivity index (χ1n) is 4.02. The van der Waals surface area contributed by atoms with Crippen molar-refractivity contribution in [2.75, 3.05) is 19.6 Å².